The summed E-state index contributed by atoms with van der Waals surface area (Å²) in [6, 6.07) is 23.1. The van der Waals surface area contributed by atoms with Gasteiger partial charge in [-0.3, -0.25) is 0 Å². The maximum absolute atomic E-state index is 13.0. The highest BCUT2D eigenvalue weighted by Gasteiger charge is 2.29. The van der Waals surface area contributed by atoms with E-state index in [1.165, 1.54) is 67.9 Å². The van der Waals surface area contributed by atoms with E-state index in [1.54, 1.807) is 0 Å². The minimum atomic E-state index is -0.744. The Morgan fingerprint density at radius 2 is 1.66 bits per heavy atom. The first kappa shape index (κ1) is 28.4. The van der Waals surface area contributed by atoms with Crippen molar-refractivity contribution in [2.75, 3.05) is 7.11 Å². The van der Waals surface area contributed by atoms with Crippen molar-refractivity contribution in [2.24, 2.45) is 0 Å². The van der Waals surface area contributed by atoms with Gasteiger partial charge >= 0.3 is 5.97 Å². The van der Waals surface area contributed by atoms with Crippen LogP contribution in [0.4, 0.5) is 0 Å². The molecular weight excluding hydrogens is 660 g/mol. The van der Waals surface area contributed by atoms with Crippen molar-refractivity contribution >= 4 is 70.0 Å². The van der Waals surface area contributed by atoms with Crippen LogP contribution in [0.15, 0.2) is 75.7 Å². The van der Waals surface area contributed by atoms with Gasteiger partial charge in [0.05, 0.1) is 16.3 Å². The van der Waals surface area contributed by atoms with Gasteiger partial charge in [-0.1, -0.05) is 67.4 Å². The predicted molar refractivity (Wildman–Crippen MR) is 177 cm³/mol. The number of aryl methyl sites for hydroxylation is 2. The number of fused-ring (bicyclic) bond motifs is 2. The number of hydrogen-bond acceptors (Lipinski definition) is 4. The molecule has 0 spiro atoms. The summed E-state index contributed by atoms with van der Waals surface area (Å²) >= 11 is 9.70. The van der Waals surface area contributed by atoms with Crippen molar-refractivity contribution in [3.05, 3.63) is 97.2 Å². The molecule has 0 aliphatic heterocycles. The Morgan fingerprint density at radius 1 is 0.976 bits per heavy atom. The molecule has 1 unspecified atom stereocenters. The zero-order valence-corrected chi connectivity index (χ0v) is 27.4. The number of halogens is 2. The molecule has 1 saturated carbocycles. The van der Waals surface area contributed by atoms with Crippen LogP contribution in [-0.2, 0) is 16.0 Å². The summed E-state index contributed by atoms with van der Waals surface area (Å²) in [6.07, 6.45) is 4.32. The van der Waals surface area contributed by atoms with Gasteiger partial charge in [-0.05, 0) is 115 Å². The Labute approximate surface area is 262 Å². The lowest BCUT2D eigenvalue weighted by Crippen LogP contribution is -2.31. The molecule has 4 aromatic carbocycles. The quantitative estimate of drug-likeness (QED) is 0.159. The number of methoxy groups -OCH3 is 1. The molecule has 1 atom stereocenters. The standard InChI is InChI=1S/C35H32Br2O3S/c1-20-21(2)41-34-30(20)31(25-15-9-10-16-26(25)32(34)37)24-18-27(23-13-7-8-14-23)33(28(36)19-24)40-29(35(38)39-3)17-22-11-5-4-6-12-22/h4-6,9-12,15-16,18-19,23,29H,7-8,13-14,17H2,1-3H3. The fraction of sp³-hybridized carbons (Fsp3) is 0.286. The third kappa shape index (κ3) is 5.35. The van der Waals surface area contributed by atoms with Gasteiger partial charge in [0.2, 0.25) is 0 Å². The zero-order chi connectivity index (χ0) is 28.7. The Bertz CT molecular complexity index is 1750. The number of thiophene rings is 1. The second-order valence-corrected chi connectivity index (χ2v) is 13.8. The zero-order valence-electron chi connectivity index (χ0n) is 23.4. The molecule has 1 aliphatic rings. The van der Waals surface area contributed by atoms with Crippen molar-refractivity contribution in [1.82, 2.24) is 0 Å². The average molecular weight is 693 g/mol. The normalized spacial score (nSPS) is 14.6. The largest absolute Gasteiger partial charge is 0.477 e. The van der Waals surface area contributed by atoms with Crippen LogP contribution in [0.25, 0.3) is 32.0 Å². The number of carbonyl (C=O) groups is 1. The number of benzene rings is 4. The van der Waals surface area contributed by atoms with E-state index in [1.807, 2.05) is 41.7 Å². The average Bonchev–Trinajstić information content (AvgIpc) is 3.63. The van der Waals surface area contributed by atoms with Crippen LogP contribution in [-0.4, -0.2) is 19.2 Å². The number of ether oxygens (including phenoxy) is 2. The lowest BCUT2D eigenvalue weighted by atomic mass is 9.89. The van der Waals surface area contributed by atoms with Gasteiger partial charge < -0.3 is 9.47 Å². The maximum Gasteiger partial charge on any atom is 0.347 e. The van der Waals surface area contributed by atoms with Gasteiger partial charge in [-0.2, -0.15) is 0 Å². The molecule has 6 rings (SSSR count). The van der Waals surface area contributed by atoms with Crippen LogP contribution < -0.4 is 4.74 Å². The van der Waals surface area contributed by atoms with Crippen LogP contribution in [0.2, 0.25) is 0 Å². The molecular formula is C35H32Br2O3S. The summed E-state index contributed by atoms with van der Waals surface area (Å²) in [6.45, 7) is 4.44. The van der Waals surface area contributed by atoms with Crippen molar-refractivity contribution < 1.29 is 14.3 Å². The molecule has 1 aliphatic carbocycles. The van der Waals surface area contributed by atoms with E-state index < -0.39 is 6.10 Å². The molecule has 1 heterocycles. The number of carbonyl (C=O) groups excluding carboxylic acids is 1. The Kier molecular flexibility index (Phi) is 8.26. The molecule has 0 saturated heterocycles. The summed E-state index contributed by atoms with van der Waals surface area (Å²) in [4.78, 5) is 14.3. The fourth-order valence-electron chi connectivity index (χ4n) is 6.23. The monoisotopic (exact) mass is 690 g/mol. The van der Waals surface area contributed by atoms with Gasteiger partial charge in [0.1, 0.15) is 5.75 Å². The van der Waals surface area contributed by atoms with E-state index in [4.69, 9.17) is 9.47 Å². The molecule has 5 aromatic rings. The summed E-state index contributed by atoms with van der Waals surface area (Å²) in [7, 11) is 1.43. The summed E-state index contributed by atoms with van der Waals surface area (Å²) < 4.78 is 15.1. The van der Waals surface area contributed by atoms with Crippen LogP contribution >= 0.6 is 43.2 Å². The van der Waals surface area contributed by atoms with Gasteiger partial charge in [0.15, 0.2) is 6.10 Å². The Morgan fingerprint density at radius 3 is 2.37 bits per heavy atom. The maximum atomic E-state index is 13.0. The molecule has 1 fully saturated rings. The van der Waals surface area contributed by atoms with E-state index >= 15 is 0 Å². The second-order valence-electron chi connectivity index (χ2n) is 10.9. The van der Waals surface area contributed by atoms with E-state index in [2.05, 4.69) is 82.1 Å². The first-order valence-corrected chi connectivity index (χ1v) is 16.5. The topological polar surface area (TPSA) is 35.5 Å². The van der Waals surface area contributed by atoms with Gasteiger partial charge in [0.25, 0.3) is 0 Å². The lowest BCUT2D eigenvalue weighted by molar-refractivity contribution is -0.148. The molecule has 6 heteroatoms. The predicted octanol–water partition coefficient (Wildman–Crippen LogP) is 10.7. The smallest absolute Gasteiger partial charge is 0.347 e. The highest BCUT2D eigenvalue weighted by atomic mass is 79.9. The third-order valence-electron chi connectivity index (χ3n) is 8.41. The minimum absolute atomic E-state index is 0.368. The first-order valence-electron chi connectivity index (χ1n) is 14.1. The minimum Gasteiger partial charge on any atom is -0.477 e. The second kappa shape index (κ2) is 11.9. The Balaban J connectivity index is 1.55. The molecule has 0 radical (unpaired) electrons. The molecule has 0 N–H and O–H groups in total. The summed E-state index contributed by atoms with van der Waals surface area (Å²) in [5, 5.41) is 3.73. The molecule has 1 aromatic heterocycles. The van der Waals surface area contributed by atoms with Crippen molar-refractivity contribution in [3.63, 3.8) is 0 Å². The molecule has 0 bridgehead atoms. The number of rotatable bonds is 7. The van der Waals surface area contributed by atoms with E-state index in [0.717, 1.165) is 33.1 Å². The summed E-state index contributed by atoms with van der Waals surface area (Å²) in [5.74, 6) is 0.758. The third-order valence-corrected chi connectivity index (χ3v) is 11.3. The van der Waals surface area contributed by atoms with Crippen LogP contribution in [0.3, 0.4) is 0 Å². The Hall–Kier alpha value is -2.67. The fourth-order valence-corrected chi connectivity index (χ4v) is 8.70. The highest BCUT2D eigenvalue weighted by Crippen LogP contribution is 2.50. The van der Waals surface area contributed by atoms with E-state index in [9.17, 15) is 4.79 Å². The molecule has 0 amide bonds. The van der Waals surface area contributed by atoms with Gasteiger partial charge in [-0.25, -0.2) is 4.79 Å². The highest BCUT2D eigenvalue weighted by molar-refractivity contribution is 9.11. The molecule has 3 nitrogen and oxygen atoms in total. The molecule has 41 heavy (non-hydrogen) atoms. The van der Waals surface area contributed by atoms with Gasteiger partial charge in [0, 0.05) is 21.2 Å². The van der Waals surface area contributed by atoms with Gasteiger partial charge in [-0.15, -0.1) is 11.3 Å². The van der Waals surface area contributed by atoms with Crippen molar-refractivity contribution in [2.45, 2.75) is 58.0 Å². The molecule has 210 valence electrons. The van der Waals surface area contributed by atoms with Crippen LogP contribution in [0.1, 0.15) is 53.2 Å². The number of hydrogen-bond donors (Lipinski definition) is 0. The van der Waals surface area contributed by atoms with Crippen molar-refractivity contribution in [1.29, 1.82) is 0 Å². The van der Waals surface area contributed by atoms with Crippen LogP contribution in [0.5, 0.6) is 5.75 Å². The van der Waals surface area contributed by atoms with E-state index in [0.29, 0.717) is 12.3 Å². The van der Waals surface area contributed by atoms with Crippen molar-refractivity contribution in [3.8, 4) is 16.9 Å². The first-order chi connectivity index (χ1) is 19.9. The lowest BCUT2D eigenvalue weighted by Gasteiger charge is -2.24. The van der Waals surface area contributed by atoms with E-state index in [-0.39, 0.29) is 5.97 Å². The van der Waals surface area contributed by atoms with Crippen LogP contribution in [0, 0.1) is 13.8 Å². The number of esters is 1. The summed E-state index contributed by atoms with van der Waals surface area (Å²) in [5.41, 5.74) is 5.93. The SMILES string of the molecule is COC(=O)C(Cc1ccccc1)Oc1c(Br)cc(-c2c3ccccc3c(Br)c3sc(C)c(C)c23)cc1C1CCCC1.